The highest BCUT2D eigenvalue weighted by Gasteiger charge is 2.20. The van der Waals surface area contributed by atoms with E-state index in [4.69, 9.17) is 31.9 Å². The molecular formula is C50H80ClN21O6. The van der Waals surface area contributed by atoms with Gasteiger partial charge in [-0.05, 0) is 91.7 Å². The summed E-state index contributed by atoms with van der Waals surface area (Å²) in [5, 5.41) is 33.1. The van der Waals surface area contributed by atoms with Crippen molar-refractivity contribution in [2.24, 2.45) is 5.73 Å². The summed E-state index contributed by atoms with van der Waals surface area (Å²) in [6.07, 6.45) is 5.10. The normalized spacial score (nSPS) is 10.9. The second-order valence-corrected chi connectivity index (χ2v) is 19.1. The van der Waals surface area contributed by atoms with Crippen molar-refractivity contribution in [2.75, 3.05) is 103 Å². The zero-order valence-electron chi connectivity index (χ0n) is 47.8. The Morgan fingerprint density at radius 2 is 0.782 bits per heavy atom. The number of nitrogens with one attached hydrogen (secondary N) is 8. The van der Waals surface area contributed by atoms with Gasteiger partial charge >= 0.3 is 17.9 Å². The minimum Gasteiger partial charge on any atom is -0.480 e. The topological polar surface area (TPSA) is 367 Å². The summed E-state index contributed by atoms with van der Waals surface area (Å²) in [6, 6.07) is 0. The minimum atomic E-state index is -0.981. The van der Waals surface area contributed by atoms with E-state index in [1.54, 1.807) is 41.9 Å². The number of carbonyl (C=O) groups is 3. The quantitative estimate of drug-likeness (QED) is 0.0249. The van der Waals surface area contributed by atoms with Crippen LogP contribution in [0.3, 0.4) is 0 Å². The Kier molecular flexibility index (Phi) is 26.1. The highest BCUT2D eigenvalue weighted by atomic mass is 35.5. The Bertz CT molecular complexity index is 2920. The van der Waals surface area contributed by atoms with Gasteiger partial charge in [0.05, 0.1) is 23.6 Å². The van der Waals surface area contributed by atoms with E-state index in [-0.39, 0.29) is 42.8 Å². The number of anilines is 8. The van der Waals surface area contributed by atoms with Crippen LogP contribution in [0, 0.1) is 0 Å². The molecule has 28 heteroatoms. The lowest BCUT2D eigenvalue weighted by molar-refractivity contribution is -0.153. The zero-order chi connectivity index (χ0) is 58.2. The van der Waals surface area contributed by atoms with Crippen molar-refractivity contribution in [3.63, 3.8) is 0 Å². The predicted molar refractivity (Wildman–Crippen MR) is 309 cm³/mol. The number of carbonyl (C=O) groups excluding carboxylic acids is 2. The van der Waals surface area contributed by atoms with Crippen LogP contribution < -0.4 is 48.3 Å². The molecule has 6 rings (SSSR count). The molecule has 0 aliphatic heterocycles. The Hall–Kier alpha value is -7.68. The molecule has 0 aliphatic carbocycles. The Balaban J connectivity index is 0.000000288. The van der Waals surface area contributed by atoms with Gasteiger partial charge in [-0.3, -0.25) is 14.4 Å². The fourth-order valence-electron chi connectivity index (χ4n) is 6.63. The number of aryl methyl sites for hydroxylation is 3. The molecule has 428 valence electrons. The predicted octanol–water partition coefficient (Wildman–Crippen LogP) is 6.73. The molecule has 0 spiro atoms. The highest BCUT2D eigenvalue weighted by Crippen LogP contribution is 2.27. The third kappa shape index (κ3) is 20.7. The maximum Gasteiger partial charge on any atom is 0.325 e. The van der Waals surface area contributed by atoms with Gasteiger partial charge in [-0.25, -0.2) is 44.9 Å². The molecular weight excluding hydrogens is 1030 g/mol. The molecule has 0 saturated carbocycles. The average molecular weight is 1110 g/mol. The van der Waals surface area contributed by atoms with Crippen LogP contribution >= 0.6 is 11.6 Å². The summed E-state index contributed by atoms with van der Waals surface area (Å²) < 4.78 is 10.1. The van der Waals surface area contributed by atoms with Crippen molar-refractivity contribution in [3.8, 4) is 0 Å². The summed E-state index contributed by atoms with van der Waals surface area (Å²) in [4.78, 5) is 86.1. The number of nitrogens with zero attached hydrogens (tertiary/aromatic N) is 12. The molecule has 6 aromatic rings. The average Bonchev–Trinajstić information content (AvgIpc) is 3.41. The van der Waals surface area contributed by atoms with Crippen LogP contribution in [0.4, 0.5) is 47.2 Å². The lowest BCUT2D eigenvalue weighted by Crippen LogP contribution is -2.28. The Morgan fingerprint density at radius 3 is 1.09 bits per heavy atom. The van der Waals surface area contributed by atoms with Gasteiger partial charge in [0.25, 0.3) is 0 Å². The van der Waals surface area contributed by atoms with Crippen molar-refractivity contribution in [1.29, 1.82) is 0 Å². The molecule has 0 bridgehead atoms. The SMILES string of the molecule is CC(C)(C)OC(=O)CN.CCCNc1nc(CC)c2nc(Cl)nc(NC)c2n1.CCCNc1nc(CC)c2nc(NCC(=O)O)nc(NC)c2n1.CCCNc1nc(CC)c2nc(NCC(=O)OC(C)(C)C)nc(NC)c2n1. The molecule has 0 aromatic carbocycles. The number of halogens is 1. The number of hydrogen-bond donors (Lipinski definition) is 10. The van der Waals surface area contributed by atoms with Crippen LogP contribution in [0.25, 0.3) is 33.1 Å². The highest BCUT2D eigenvalue weighted by molar-refractivity contribution is 6.28. The summed E-state index contributed by atoms with van der Waals surface area (Å²) in [5.74, 6) is 2.28. The number of rotatable bonds is 22. The van der Waals surface area contributed by atoms with Gasteiger partial charge in [-0.2, -0.15) is 15.0 Å². The number of ether oxygens (including phenoxy) is 2. The van der Waals surface area contributed by atoms with E-state index in [1.165, 1.54) is 0 Å². The van der Waals surface area contributed by atoms with Gasteiger partial charge in [0.1, 0.15) is 57.4 Å². The van der Waals surface area contributed by atoms with E-state index in [1.807, 2.05) is 41.5 Å². The number of fused-ring (bicyclic) bond motifs is 3. The fraction of sp³-hybridized carbons (Fsp3) is 0.580. The Morgan fingerprint density at radius 1 is 0.462 bits per heavy atom. The number of carboxylic acids is 1. The zero-order valence-corrected chi connectivity index (χ0v) is 48.6. The number of aromatic nitrogens is 12. The van der Waals surface area contributed by atoms with Crippen molar-refractivity contribution in [3.05, 3.63) is 22.4 Å². The number of esters is 2. The lowest BCUT2D eigenvalue weighted by Gasteiger charge is -2.19. The summed E-state index contributed by atoms with van der Waals surface area (Å²) >= 11 is 5.92. The van der Waals surface area contributed by atoms with Crippen LogP contribution in [0.5, 0.6) is 0 Å². The molecule has 0 atom stereocenters. The van der Waals surface area contributed by atoms with E-state index < -0.39 is 17.2 Å². The van der Waals surface area contributed by atoms with Gasteiger partial charge in [0, 0.05) is 40.8 Å². The largest absolute Gasteiger partial charge is 0.480 e. The number of nitrogens with two attached hydrogens (primary N) is 1. The molecule has 0 amide bonds. The molecule has 0 unspecified atom stereocenters. The van der Waals surface area contributed by atoms with Gasteiger partial charge in [-0.15, -0.1) is 0 Å². The van der Waals surface area contributed by atoms with E-state index in [9.17, 15) is 14.4 Å². The molecule has 0 saturated heterocycles. The number of carboxylic acid groups (broad SMARTS) is 1. The van der Waals surface area contributed by atoms with Gasteiger partial charge in [-0.1, -0.05) is 41.5 Å². The fourth-order valence-corrected chi connectivity index (χ4v) is 6.80. The van der Waals surface area contributed by atoms with Crippen molar-refractivity contribution < 1.29 is 29.0 Å². The van der Waals surface area contributed by atoms with E-state index in [2.05, 4.69) is 123 Å². The summed E-state index contributed by atoms with van der Waals surface area (Å²) in [6.45, 7) is 25.2. The summed E-state index contributed by atoms with van der Waals surface area (Å²) in [7, 11) is 5.28. The second kappa shape index (κ2) is 31.5. The first-order valence-electron chi connectivity index (χ1n) is 26.0. The van der Waals surface area contributed by atoms with Crippen LogP contribution in [0.15, 0.2) is 0 Å². The Labute approximate surface area is 460 Å². The van der Waals surface area contributed by atoms with Gasteiger partial charge < -0.3 is 62.8 Å². The first-order valence-corrected chi connectivity index (χ1v) is 26.4. The third-order valence-corrected chi connectivity index (χ3v) is 10.1. The number of hydrogen-bond acceptors (Lipinski definition) is 26. The van der Waals surface area contributed by atoms with E-state index >= 15 is 0 Å². The lowest BCUT2D eigenvalue weighted by atomic mass is 10.2. The molecule has 0 aliphatic rings. The smallest absolute Gasteiger partial charge is 0.325 e. The molecule has 78 heavy (non-hydrogen) atoms. The van der Waals surface area contributed by atoms with Crippen LogP contribution in [0.1, 0.15) is 119 Å². The maximum absolute atomic E-state index is 11.9. The van der Waals surface area contributed by atoms with Crippen molar-refractivity contribution in [2.45, 2.75) is 133 Å². The molecule has 27 nitrogen and oxygen atoms in total. The maximum atomic E-state index is 11.9. The second-order valence-electron chi connectivity index (χ2n) is 18.8. The van der Waals surface area contributed by atoms with Crippen LogP contribution in [-0.2, 0) is 43.1 Å². The van der Waals surface area contributed by atoms with Crippen LogP contribution in [-0.4, -0.2) is 154 Å². The first-order chi connectivity index (χ1) is 37.0. The standard InChI is InChI=1S/C18H29N7O2.C14H21N7O2.C12H17ClN6.C6H13NO2/c1-7-9-20-16-22-11(8-2)13-14(24-16)15(19-6)25-17(23-13)21-10-12(26)27-18(3,4)5;1-4-6-16-13-18-8(5-2)10-11(20-13)12(15-3)21-14(19-10)17-7-9(22)23;1-4-6-15-12-16-7(5-2)8-9(18-12)10(14-3)19-11(13)17-8;1-6(2,3)9-5(8)4-7/h7-10H2,1-6H3,(H,20,22,24)(H2,19,21,23,25);4-7H2,1-3H3,(H,22,23)(H,16,18,20)(H2,15,17,19,21);4-6H2,1-3H3,(H,14,17,19)(H,15,16,18);4,7H2,1-3H3. The summed E-state index contributed by atoms with van der Waals surface area (Å²) in [5.41, 5.74) is 10.4. The van der Waals surface area contributed by atoms with E-state index in [0.29, 0.717) is 87.2 Å². The monoisotopic (exact) mass is 1110 g/mol. The van der Waals surface area contributed by atoms with E-state index in [0.717, 1.165) is 62.4 Å². The van der Waals surface area contributed by atoms with Crippen LogP contribution in [0.2, 0.25) is 5.28 Å². The number of aliphatic carboxylic acids is 1. The van der Waals surface area contributed by atoms with Crippen molar-refractivity contribution >= 4 is 110 Å². The molecule has 11 N–H and O–H groups in total. The minimum absolute atomic E-state index is 0.0234. The molecule has 6 aromatic heterocycles. The van der Waals surface area contributed by atoms with Gasteiger partial charge in [0.2, 0.25) is 35.0 Å². The molecule has 0 fully saturated rings. The van der Waals surface area contributed by atoms with Crippen molar-refractivity contribution in [1.82, 2.24) is 59.8 Å². The first kappa shape index (κ1) is 64.6. The molecule has 6 heterocycles. The van der Waals surface area contributed by atoms with Gasteiger partial charge in [0.15, 0.2) is 17.5 Å². The third-order valence-electron chi connectivity index (χ3n) is 9.93. The molecule has 0 radical (unpaired) electrons.